The normalized spacial score (nSPS) is 32.3. The molecule has 1 unspecified atom stereocenters. The predicted octanol–water partition coefficient (Wildman–Crippen LogP) is 0.750. The molecule has 52 valence electrons. The van der Waals surface area contributed by atoms with E-state index >= 15 is 0 Å². The van der Waals surface area contributed by atoms with Gasteiger partial charge in [0.1, 0.15) is 5.38 Å². The quantitative estimate of drug-likeness (QED) is 0.504. The molecule has 0 bridgehead atoms. The molecule has 0 aromatic heterocycles. The number of alkyl halides is 1. The van der Waals surface area contributed by atoms with Gasteiger partial charge in [0.15, 0.2) is 0 Å². The second-order valence-corrected chi connectivity index (χ2v) is 3.51. The predicted molar refractivity (Wildman–Crippen MR) is 36.4 cm³/mol. The zero-order valence-electron chi connectivity index (χ0n) is 5.57. The first-order valence-electron chi connectivity index (χ1n) is 2.96. The number of rotatable bonds is 0. The van der Waals surface area contributed by atoms with Crippen LogP contribution in [0.5, 0.6) is 0 Å². The maximum Gasteiger partial charge on any atom is 0.238 e. The molecule has 1 atom stereocenters. The summed E-state index contributed by atoms with van der Waals surface area (Å²) in [7, 11) is 0. The van der Waals surface area contributed by atoms with Crippen molar-refractivity contribution < 1.29 is 4.79 Å². The van der Waals surface area contributed by atoms with E-state index in [2.05, 4.69) is 5.32 Å². The average Bonchev–Trinajstić information content (AvgIpc) is 1.97. The molecular formula is C6H10ClNO. The molecule has 3 heteroatoms. The number of hydrogen-bond acceptors (Lipinski definition) is 1. The van der Waals surface area contributed by atoms with E-state index in [4.69, 9.17) is 11.6 Å². The summed E-state index contributed by atoms with van der Waals surface area (Å²) in [6.07, 6.45) is 0. The lowest BCUT2D eigenvalue weighted by molar-refractivity contribution is -0.119. The molecule has 9 heavy (non-hydrogen) atoms. The average molecular weight is 148 g/mol. The van der Waals surface area contributed by atoms with Gasteiger partial charge in [-0.25, -0.2) is 0 Å². The van der Waals surface area contributed by atoms with Crippen molar-refractivity contribution in [1.29, 1.82) is 0 Å². The van der Waals surface area contributed by atoms with Crippen molar-refractivity contribution in [2.75, 3.05) is 6.54 Å². The maximum atomic E-state index is 10.7. The summed E-state index contributed by atoms with van der Waals surface area (Å²) in [5.74, 6) is -0.0401. The SMILES string of the molecule is CC1(C)CNC(=O)C1Cl. The maximum absolute atomic E-state index is 10.7. The summed E-state index contributed by atoms with van der Waals surface area (Å²) >= 11 is 5.74. The lowest BCUT2D eigenvalue weighted by atomic mass is 9.92. The highest BCUT2D eigenvalue weighted by Crippen LogP contribution is 2.28. The smallest absolute Gasteiger partial charge is 0.238 e. The molecule has 1 fully saturated rings. The van der Waals surface area contributed by atoms with Crippen LogP contribution in [0.3, 0.4) is 0 Å². The molecule has 1 aliphatic rings. The number of carbonyl (C=O) groups excluding carboxylic acids is 1. The zero-order valence-corrected chi connectivity index (χ0v) is 6.33. The topological polar surface area (TPSA) is 29.1 Å². The third kappa shape index (κ3) is 1.04. The summed E-state index contributed by atoms with van der Waals surface area (Å²) in [5.41, 5.74) is -0.0708. The van der Waals surface area contributed by atoms with E-state index in [9.17, 15) is 4.79 Å². The second-order valence-electron chi connectivity index (χ2n) is 3.07. The van der Waals surface area contributed by atoms with Gasteiger partial charge in [-0.15, -0.1) is 11.6 Å². The molecule has 0 aromatic carbocycles. The van der Waals surface area contributed by atoms with Gasteiger partial charge in [0.05, 0.1) is 0 Å². The van der Waals surface area contributed by atoms with Gasteiger partial charge in [0.25, 0.3) is 0 Å². The highest BCUT2D eigenvalue weighted by molar-refractivity contribution is 6.32. The number of halogens is 1. The molecule has 0 aliphatic carbocycles. The Kier molecular flexibility index (Phi) is 1.43. The van der Waals surface area contributed by atoms with Crippen molar-refractivity contribution in [3.63, 3.8) is 0 Å². The van der Waals surface area contributed by atoms with Crippen molar-refractivity contribution in [2.45, 2.75) is 19.2 Å². The molecule has 2 nitrogen and oxygen atoms in total. The molecule has 0 aromatic rings. The molecule has 1 rings (SSSR count). The molecule has 1 heterocycles. The Morgan fingerprint density at radius 1 is 1.78 bits per heavy atom. The summed E-state index contributed by atoms with van der Waals surface area (Å²) < 4.78 is 0. The van der Waals surface area contributed by atoms with Gasteiger partial charge < -0.3 is 5.32 Å². The van der Waals surface area contributed by atoms with E-state index < -0.39 is 0 Å². The largest absolute Gasteiger partial charge is 0.354 e. The fraction of sp³-hybridized carbons (Fsp3) is 0.833. The third-order valence-electron chi connectivity index (χ3n) is 1.63. The summed E-state index contributed by atoms with van der Waals surface area (Å²) in [5, 5.41) is 2.34. The summed E-state index contributed by atoms with van der Waals surface area (Å²) in [6, 6.07) is 0. The Labute approximate surface area is 59.6 Å². The summed E-state index contributed by atoms with van der Waals surface area (Å²) in [6.45, 7) is 4.64. The van der Waals surface area contributed by atoms with Crippen molar-refractivity contribution in [2.24, 2.45) is 5.41 Å². The Morgan fingerprint density at radius 2 is 2.33 bits per heavy atom. The van der Waals surface area contributed by atoms with E-state index in [1.807, 2.05) is 13.8 Å². The Hall–Kier alpha value is -0.240. The van der Waals surface area contributed by atoms with E-state index in [0.29, 0.717) is 6.54 Å². The van der Waals surface area contributed by atoms with Crippen LogP contribution in [-0.2, 0) is 4.79 Å². The lowest BCUT2D eigenvalue weighted by Crippen LogP contribution is -2.24. The third-order valence-corrected chi connectivity index (χ3v) is 2.42. The van der Waals surface area contributed by atoms with Gasteiger partial charge in [-0.3, -0.25) is 4.79 Å². The number of hydrogen-bond donors (Lipinski definition) is 1. The van der Waals surface area contributed by atoms with E-state index in [1.54, 1.807) is 0 Å². The summed E-state index contributed by atoms with van der Waals surface area (Å²) in [4.78, 5) is 10.7. The van der Waals surface area contributed by atoms with Crippen LogP contribution in [0.25, 0.3) is 0 Å². The molecule has 1 saturated heterocycles. The molecule has 1 aliphatic heterocycles. The first-order valence-corrected chi connectivity index (χ1v) is 3.39. The van der Waals surface area contributed by atoms with Crippen LogP contribution >= 0.6 is 11.6 Å². The van der Waals surface area contributed by atoms with Crippen molar-refractivity contribution in [3.05, 3.63) is 0 Å². The molecular weight excluding hydrogens is 138 g/mol. The van der Waals surface area contributed by atoms with E-state index in [1.165, 1.54) is 0 Å². The monoisotopic (exact) mass is 147 g/mol. The molecule has 0 spiro atoms. The van der Waals surface area contributed by atoms with Gasteiger partial charge in [-0.2, -0.15) is 0 Å². The Bertz CT molecular complexity index is 144. The molecule has 0 saturated carbocycles. The minimum atomic E-state index is -0.350. The number of carbonyl (C=O) groups is 1. The molecule has 1 N–H and O–H groups in total. The van der Waals surface area contributed by atoms with Gasteiger partial charge in [0.2, 0.25) is 5.91 Å². The highest BCUT2D eigenvalue weighted by atomic mass is 35.5. The number of amides is 1. The molecule has 0 radical (unpaired) electrons. The van der Waals surface area contributed by atoms with Crippen LogP contribution in [0, 0.1) is 5.41 Å². The van der Waals surface area contributed by atoms with Crippen LogP contribution in [0.2, 0.25) is 0 Å². The first-order chi connectivity index (χ1) is 4.04. The Morgan fingerprint density at radius 3 is 2.44 bits per heavy atom. The fourth-order valence-electron chi connectivity index (χ4n) is 0.849. The highest BCUT2D eigenvalue weighted by Gasteiger charge is 2.39. The fourth-order valence-corrected chi connectivity index (χ4v) is 1.00. The van der Waals surface area contributed by atoms with Gasteiger partial charge in [0, 0.05) is 12.0 Å². The van der Waals surface area contributed by atoms with Crippen LogP contribution in [0.1, 0.15) is 13.8 Å². The van der Waals surface area contributed by atoms with E-state index in [-0.39, 0.29) is 16.7 Å². The zero-order chi connectivity index (χ0) is 7.07. The first kappa shape index (κ1) is 6.87. The van der Waals surface area contributed by atoms with Crippen LogP contribution in [0.15, 0.2) is 0 Å². The van der Waals surface area contributed by atoms with Gasteiger partial charge >= 0.3 is 0 Å². The Balaban J connectivity index is 2.73. The van der Waals surface area contributed by atoms with Crippen molar-refractivity contribution >= 4 is 17.5 Å². The van der Waals surface area contributed by atoms with Crippen LogP contribution in [-0.4, -0.2) is 17.8 Å². The lowest BCUT2D eigenvalue weighted by Gasteiger charge is -2.16. The minimum Gasteiger partial charge on any atom is -0.354 e. The van der Waals surface area contributed by atoms with Crippen molar-refractivity contribution in [3.8, 4) is 0 Å². The minimum absolute atomic E-state index is 0.0401. The van der Waals surface area contributed by atoms with E-state index in [0.717, 1.165) is 0 Å². The van der Waals surface area contributed by atoms with Gasteiger partial charge in [-0.1, -0.05) is 13.8 Å². The van der Waals surface area contributed by atoms with Crippen LogP contribution in [0.4, 0.5) is 0 Å². The van der Waals surface area contributed by atoms with Crippen molar-refractivity contribution in [1.82, 2.24) is 5.32 Å². The molecule has 1 amide bonds. The van der Waals surface area contributed by atoms with Crippen LogP contribution < -0.4 is 5.32 Å². The second kappa shape index (κ2) is 1.87. The standard InChI is InChI=1S/C6H10ClNO/c1-6(2)3-8-5(9)4(6)7/h4H,3H2,1-2H3,(H,8,9). The number of nitrogens with one attached hydrogen (secondary N) is 1. The van der Waals surface area contributed by atoms with Gasteiger partial charge in [-0.05, 0) is 0 Å².